The quantitative estimate of drug-likeness (QED) is 0.678. The van der Waals surface area contributed by atoms with Gasteiger partial charge in [-0.25, -0.2) is 4.79 Å². The fraction of sp³-hybridized carbons (Fsp3) is 0.417. The highest BCUT2D eigenvalue weighted by Gasteiger charge is 2.31. The van der Waals surface area contributed by atoms with E-state index < -0.39 is 18.7 Å². The van der Waals surface area contributed by atoms with Crippen LogP contribution in [-0.4, -0.2) is 32.3 Å². The molecule has 2 N–H and O–H groups in total. The largest absolute Gasteiger partial charge is 0.465 e. The van der Waals surface area contributed by atoms with Crippen LogP contribution in [0.15, 0.2) is 18.2 Å². The molecule has 0 heterocycles. The number of nitrogens with two attached hydrogens (primary N) is 1. The molecular weight excluding hydrogens is 261 g/mol. The lowest BCUT2D eigenvalue weighted by molar-refractivity contribution is -0.119. The first-order valence-electron chi connectivity index (χ1n) is 5.58. The number of alkyl halides is 3. The molecule has 0 saturated carbocycles. The number of hydrogen-bond donors (Lipinski definition) is 1. The maximum absolute atomic E-state index is 12.5. The highest BCUT2D eigenvalue weighted by Crippen LogP contribution is 2.28. The SMILES string of the molecule is CCN(CC(F)(F)F)c1cc(C(=O)OC)ccc1N. The third-order valence-corrected chi connectivity index (χ3v) is 2.54. The summed E-state index contributed by atoms with van der Waals surface area (Å²) in [5.41, 5.74) is 6.17. The molecule has 0 fully saturated rings. The summed E-state index contributed by atoms with van der Waals surface area (Å²) in [6.45, 7) is 0.572. The summed E-state index contributed by atoms with van der Waals surface area (Å²) in [6.07, 6.45) is -4.34. The molecule has 0 aliphatic heterocycles. The molecule has 106 valence electrons. The van der Waals surface area contributed by atoms with E-state index in [0.29, 0.717) is 0 Å². The number of benzene rings is 1. The van der Waals surface area contributed by atoms with Gasteiger partial charge in [0.1, 0.15) is 6.54 Å². The van der Waals surface area contributed by atoms with Crippen molar-refractivity contribution < 1.29 is 22.7 Å². The molecule has 0 radical (unpaired) electrons. The third-order valence-electron chi connectivity index (χ3n) is 2.54. The van der Waals surface area contributed by atoms with Gasteiger partial charge in [0.2, 0.25) is 0 Å². The first-order chi connectivity index (χ1) is 8.78. The molecule has 1 aromatic carbocycles. The number of halogens is 3. The van der Waals surface area contributed by atoms with E-state index in [-0.39, 0.29) is 23.5 Å². The third kappa shape index (κ3) is 4.04. The number of nitrogen functional groups attached to an aromatic ring is 1. The Labute approximate surface area is 108 Å². The standard InChI is InChI=1S/C12H15F3N2O2/c1-3-17(7-12(13,14)15)10-6-8(11(18)19-2)4-5-9(10)16/h4-6H,3,7,16H2,1-2H3. The van der Waals surface area contributed by atoms with E-state index in [4.69, 9.17) is 5.73 Å². The van der Waals surface area contributed by atoms with Crippen LogP contribution in [0.1, 0.15) is 17.3 Å². The van der Waals surface area contributed by atoms with Gasteiger partial charge < -0.3 is 15.4 Å². The van der Waals surface area contributed by atoms with Gasteiger partial charge in [0.05, 0.1) is 24.0 Å². The molecule has 0 aliphatic rings. The van der Waals surface area contributed by atoms with Crippen molar-refractivity contribution in [2.24, 2.45) is 0 Å². The Morgan fingerprint density at radius 3 is 2.53 bits per heavy atom. The van der Waals surface area contributed by atoms with Gasteiger partial charge in [0, 0.05) is 6.54 Å². The first kappa shape index (κ1) is 15.1. The Kier molecular flexibility index (Phi) is 4.63. The van der Waals surface area contributed by atoms with Gasteiger partial charge in [-0.3, -0.25) is 0 Å². The number of anilines is 2. The molecule has 0 amide bonds. The van der Waals surface area contributed by atoms with Crippen molar-refractivity contribution in [3.05, 3.63) is 23.8 Å². The van der Waals surface area contributed by atoms with Crippen molar-refractivity contribution in [2.75, 3.05) is 30.8 Å². The minimum atomic E-state index is -4.34. The molecule has 19 heavy (non-hydrogen) atoms. The van der Waals surface area contributed by atoms with E-state index in [1.807, 2.05) is 0 Å². The van der Waals surface area contributed by atoms with Crippen molar-refractivity contribution in [3.8, 4) is 0 Å². The molecule has 0 aromatic heterocycles. The number of hydrogen-bond acceptors (Lipinski definition) is 4. The van der Waals surface area contributed by atoms with Gasteiger partial charge in [-0.2, -0.15) is 13.2 Å². The van der Waals surface area contributed by atoms with Gasteiger partial charge >= 0.3 is 12.1 Å². The number of methoxy groups -OCH3 is 1. The number of rotatable bonds is 4. The van der Waals surface area contributed by atoms with Crippen molar-refractivity contribution >= 4 is 17.3 Å². The molecule has 0 saturated heterocycles. The zero-order valence-electron chi connectivity index (χ0n) is 10.6. The van der Waals surface area contributed by atoms with Crippen LogP contribution in [0.3, 0.4) is 0 Å². The van der Waals surface area contributed by atoms with E-state index in [2.05, 4.69) is 4.74 Å². The topological polar surface area (TPSA) is 55.6 Å². The van der Waals surface area contributed by atoms with E-state index in [1.165, 1.54) is 25.3 Å². The van der Waals surface area contributed by atoms with Crippen LogP contribution in [0.5, 0.6) is 0 Å². The molecular formula is C12H15F3N2O2. The number of carbonyl (C=O) groups excluding carboxylic acids is 1. The van der Waals surface area contributed by atoms with Crippen molar-refractivity contribution in [1.29, 1.82) is 0 Å². The van der Waals surface area contributed by atoms with Crippen molar-refractivity contribution in [2.45, 2.75) is 13.1 Å². The minimum Gasteiger partial charge on any atom is -0.465 e. The Bertz CT molecular complexity index is 461. The molecule has 0 atom stereocenters. The van der Waals surface area contributed by atoms with E-state index >= 15 is 0 Å². The van der Waals surface area contributed by atoms with Gasteiger partial charge in [0.25, 0.3) is 0 Å². The van der Waals surface area contributed by atoms with Gasteiger partial charge in [0.15, 0.2) is 0 Å². The fourth-order valence-electron chi connectivity index (χ4n) is 1.65. The van der Waals surface area contributed by atoms with Gasteiger partial charge in [-0.05, 0) is 25.1 Å². The highest BCUT2D eigenvalue weighted by atomic mass is 19.4. The molecule has 1 aromatic rings. The summed E-state index contributed by atoms with van der Waals surface area (Å²) in [7, 11) is 1.20. The summed E-state index contributed by atoms with van der Waals surface area (Å²) in [4.78, 5) is 12.4. The van der Waals surface area contributed by atoms with Gasteiger partial charge in [-0.1, -0.05) is 0 Å². The predicted octanol–water partition coefficient (Wildman–Crippen LogP) is 2.44. The number of carbonyl (C=O) groups is 1. The van der Waals surface area contributed by atoms with E-state index in [0.717, 1.165) is 4.90 Å². The molecule has 1 rings (SSSR count). The predicted molar refractivity (Wildman–Crippen MR) is 66.1 cm³/mol. The number of ether oxygens (including phenoxy) is 1. The van der Waals surface area contributed by atoms with Crippen LogP contribution in [0.25, 0.3) is 0 Å². The van der Waals surface area contributed by atoms with Crippen molar-refractivity contribution in [3.63, 3.8) is 0 Å². The lowest BCUT2D eigenvalue weighted by Gasteiger charge is -2.26. The Balaban J connectivity index is 3.12. The summed E-state index contributed by atoms with van der Waals surface area (Å²) in [5, 5.41) is 0. The fourth-order valence-corrected chi connectivity index (χ4v) is 1.65. The molecule has 0 unspecified atom stereocenters. The monoisotopic (exact) mass is 276 g/mol. The van der Waals surface area contributed by atoms with Crippen LogP contribution in [0.4, 0.5) is 24.5 Å². The second kappa shape index (κ2) is 5.81. The van der Waals surface area contributed by atoms with Crippen molar-refractivity contribution in [1.82, 2.24) is 0 Å². The molecule has 0 bridgehead atoms. The smallest absolute Gasteiger partial charge is 0.405 e. The maximum Gasteiger partial charge on any atom is 0.405 e. The summed E-state index contributed by atoms with van der Waals surface area (Å²) < 4.78 is 41.9. The van der Waals surface area contributed by atoms with E-state index in [9.17, 15) is 18.0 Å². The lowest BCUT2D eigenvalue weighted by Crippen LogP contribution is -2.34. The second-order valence-corrected chi connectivity index (χ2v) is 3.89. The molecule has 4 nitrogen and oxygen atoms in total. The number of esters is 1. The first-order valence-corrected chi connectivity index (χ1v) is 5.58. The average Bonchev–Trinajstić information content (AvgIpc) is 2.34. The summed E-state index contributed by atoms with van der Waals surface area (Å²) >= 11 is 0. The Morgan fingerprint density at radius 2 is 2.05 bits per heavy atom. The second-order valence-electron chi connectivity index (χ2n) is 3.89. The zero-order chi connectivity index (χ0) is 14.6. The highest BCUT2D eigenvalue weighted by molar-refractivity contribution is 5.92. The van der Waals surface area contributed by atoms with Crippen LogP contribution in [0.2, 0.25) is 0 Å². The molecule has 7 heteroatoms. The maximum atomic E-state index is 12.5. The normalized spacial score (nSPS) is 11.2. The minimum absolute atomic E-state index is 0.119. The Hall–Kier alpha value is -1.92. The molecule has 0 aliphatic carbocycles. The average molecular weight is 276 g/mol. The number of nitrogens with zero attached hydrogens (tertiary/aromatic N) is 1. The van der Waals surface area contributed by atoms with Gasteiger partial charge in [-0.15, -0.1) is 0 Å². The summed E-state index contributed by atoms with van der Waals surface area (Å²) in [6, 6.07) is 4.10. The zero-order valence-corrected chi connectivity index (χ0v) is 10.6. The lowest BCUT2D eigenvalue weighted by atomic mass is 10.1. The Morgan fingerprint density at radius 1 is 1.42 bits per heavy atom. The summed E-state index contributed by atoms with van der Waals surface area (Å²) in [5.74, 6) is -0.621. The van der Waals surface area contributed by atoms with Crippen LogP contribution < -0.4 is 10.6 Å². The van der Waals surface area contributed by atoms with Crippen LogP contribution >= 0.6 is 0 Å². The van der Waals surface area contributed by atoms with Crippen LogP contribution in [0, 0.1) is 0 Å². The van der Waals surface area contributed by atoms with E-state index in [1.54, 1.807) is 6.92 Å². The molecule has 0 spiro atoms. The van der Waals surface area contributed by atoms with Crippen LogP contribution in [-0.2, 0) is 4.74 Å².